The molecular weight excluding hydrogens is 236 g/mol. The first kappa shape index (κ1) is 13.6. The molecule has 2 heteroatoms. The third-order valence-corrected chi connectivity index (χ3v) is 3.44. The lowest BCUT2D eigenvalue weighted by Gasteiger charge is -2.25. The topological polar surface area (TPSA) is 29.5 Å². The van der Waals surface area contributed by atoms with Crippen molar-refractivity contribution in [2.45, 2.75) is 26.4 Å². The monoisotopic (exact) mass is 256 g/mol. The van der Waals surface area contributed by atoms with Gasteiger partial charge in [-0.2, -0.15) is 0 Å². The molecule has 2 rings (SSSR count). The van der Waals surface area contributed by atoms with Gasteiger partial charge in [0.1, 0.15) is 11.4 Å². The highest BCUT2D eigenvalue weighted by molar-refractivity contribution is 5.41. The summed E-state index contributed by atoms with van der Waals surface area (Å²) in [5.74, 6) is 0.792. The van der Waals surface area contributed by atoms with Crippen LogP contribution in [0.2, 0.25) is 0 Å². The van der Waals surface area contributed by atoms with E-state index >= 15 is 0 Å². The van der Waals surface area contributed by atoms with E-state index in [9.17, 15) is 5.11 Å². The molecule has 2 aromatic carbocycles. The second-order valence-electron chi connectivity index (χ2n) is 5.18. The van der Waals surface area contributed by atoms with E-state index in [-0.39, 0.29) is 0 Å². The summed E-state index contributed by atoms with van der Waals surface area (Å²) in [7, 11) is 1.64. The van der Waals surface area contributed by atoms with Crippen LogP contribution >= 0.6 is 0 Å². The molecule has 19 heavy (non-hydrogen) atoms. The molecule has 0 heterocycles. The summed E-state index contributed by atoms with van der Waals surface area (Å²) >= 11 is 0. The number of ether oxygens (including phenoxy) is 1. The quantitative estimate of drug-likeness (QED) is 0.909. The fraction of sp³-hybridized carbons (Fsp3) is 0.294. The Morgan fingerprint density at radius 1 is 0.895 bits per heavy atom. The molecule has 0 aliphatic heterocycles. The van der Waals surface area contributed by atoms with Gasteiger partial charge < -0.3 is 9.84 Å². The fourth-order valence-corrected chi connectivity index (χ4v) is 2.34. The van der Waals surface area contributed by atoms with Crippen LogP contribution in [0.3, 0.4) is 0 Å². The average molecular weight is 256 g/mol. The fourth-order valence-electron chi connectivity index (χ4n) is 2.34. The molecule has 0 amide bonds. The molecule has 2 nitrogen and oxygen atoms in total. The summed E-state index contributed by atoms with van der Waals surface area (Å²) in [5, 5.41) is 10.8. The van der Waals surface area contributed by atoms with Gasteiger partial charge in [-0.05, 0) is 44.0 Å². The van der Waals surface area contributed by atoms with Crippen LogP contribution in [-0.4, -0.2) is 12.2 Å². The summed E-state index contributed by atoms with van der Waals surface area (Å²) < 4.78 is 5.14. The van der Waals surface area contributed by atoms with Gasteiger partial charge in [0, 0.05) is 0 Å². The van der Waals surface area contributed by atoms with Crippen molar-refractivity contribution >= 4 is 0 Å². The van der Waals surface area contributed by atoms with Crippen LogP contribution in [0.15, 0.2) is 42.5 Å². The maximum atomic E-state index is 10.8. The van der Waals surface area contributed by atoms with E-state index in [0.717, 1.165) is 28.0 Å². The summed E-state index contributed by atoms with van der Waals surface area (Å²) in [6.45, 7) is 5.91. The Balaban J connectivity index is 2.44. The lowest BCUT2D eigenvalue weighted by atomic mass is 9.86. The lowest BCUT2D eigenvalue weighted by molar-refractivity contribution is 0.102. The number of hydrogen-bond acceptors (Lipinski definition) is 2. The smallest absolute Gasteiger partial charge is 0.118 e. The lowest BCUT2D eigenvalue weighted by Crippen LogP contribution is -2.23. The molecule has 0 aliphatic rings. The summed E-state index contributed by atoms with van der Waals surface area (Å²) in [4.78, 5) is 0. The van der Waals surface area contributed by atoms with Gasteiger partial charge in [-0.15, -0.1) is 0 Å². The van der Waals surface area contributed by atoms with Crippen LogP contribution in [-0.2, 0) is 5.60 Å². The second kappa shape index (κ2) is 5.06. The molecule has 100 valence electrons. The first-order valence-corrected chi connectivity index (χ1v) is 6.39. The molecule has 0 fully saturated rings. The van der Waals surface area contributed by atoms with Crippen LogP contribution in [0, 0.1) is 13.8 Å². The minimum atomic E-state index is -0.997. The molecular formula is C17H20O2. The van der Waals surface area contributed by atoms with E-state index in [1.165, 1.54) is 0 Å². The minimum Gasteiger partial charge on any atom is -0.497 e. The first-order valence-electron chi connectivity index (χ1n) is 6.39. The molecule has 2 aromatic rings. The number of hydrogen-bond donors (Lipinski definition) is 1. The van der Waals surface area contributed by atoms with Gasteiger partial charge in [0.2, 0.25) is 0 Å². The van der Waals surface area contributed by atoms with Gasteiger partial charge in [0.15, 0.2) is 0 Å². The number of methoxy groups -OCH3 is 1. The van der Waals surface area contributed by atoms with Crippen molar-refractivity contribution in [3.8, 4) is 5.75 Å². The Morgan fingerprint density at radius 3 is 1.89 bits per heavy atom. The summed E-state index contributed by atoms with van der Waals surface area (Å²) in [6.07, 6.45) is 0. The highest BCUT2D eigenvalue weighted by atomic mass is 16.5. The van der Waals surface area contributed by atoms with Crippen molar-refractivity contribution in [3.63, 3.8) is 0 Å². The zero-order valence-corrected chi connectivity index (χ0v) is 11.9. The Morgan fingerprint density at radius 2 is 1.42 bits per heavy atom. The summed E-state index contributed by atoms with van der Waals surface area (Å²) in [5.41, 5.74) is 3.09. The van der Waals surface area contributed by atoms with Gasteiger partial charge >= 0.3 is 0 Å². The molecule has 1 unspecified atom stereocenters. The van der Waals surface area contributed by atoms with E-state index < -0.39 is 5.60 Å². The van der Waals surface area contributed by atoms with Crippen molar-refractivity contribution in [2.24, 2.45) is 0 Å². The van der Waals surface area contributed by atoms with Crippen LogP contribution in [0.4, 0.5) is 0 Å². The molecule has 0 aromatic heterocycles. The Kier molecular flexibility index (Phi) is 3.63. The minimum absolute atomic E-state index is 0.792. The SMILES string of the molecule is COc1ccc(C(C)(O)c2cc(C)cc(C)c2)cc1. The van der Waals surface area contributed by atoms with Crippen LogP contribution < -0.4 is 4.74 Å². The standard InChI is InChI=1S/C17H20O2/c1-12-9-13(2)11-15(10-12)17(3,18)14-5-7-16(19-4)8-6-14/h5-11,18H,1-4H3. The molecule has 1 atom stereocenters. The van der Waals surface area contributed by atoms with Crippen molar-refractivity contribution in [3.05, 3.63) is 64.7 Å². The number of aryl methyl sites for hydroxylation is 2. The predicted molar refractivity (Wildman–Crippen MR) is 77.6 cm³/mol. The third kappa shape index (κ3) is 2.79. The first-order chi connectivity index (χ1) is 8.93. The Hall–Kier alpha value is -1.80. The van der Waals surface area contributed by atoms with E-state index in [1.54, 1.807) is 7.11 Å². The van der Waals surface area contributed by atoms with Gasteiger partial charge in [-0.3, -0.25) is 0 Å². The van der Waals surface area contributed by atoms with Gasteiger partial charge in [0.25, 0.3) is 0 Å². The van der Waals surface area contributed by atoms with Crippen LogP contribution in [0.25, 0.3) is 0 Å². The van der Waals surface area contributed by atoms with Gasteiger partial charge in [-0.25, -0.2) is 0 Å². The Bertz CT molecular complexity index is 548. The molecule has 0 radical (unpaired) electrons. The van der Waals surface area contributed by atoms with E-state index in [0.29, 0.717) is 0 Å². The zero-order chi connectivity index (χ0) is 14.0. The molecule has 1 N–H and O–H groups in total. The van der Waals surface area contributed by atoms with Crippen molar-refractivity contribution in [1.82, 2.24) is 0 Å². The maximum Gasteiger partial charge on any atom is 0.118 e. The van der Waals surface area contributed by atoms with Gasteiger partial charge in [-0.1, -0.05) is 41.5 Å². The molecule has 0 spiro atoms. The summed E-state index contributed by atoms with van der Waals surface area (Å²) in [6, 6.07) is 13.7. The highest BCUT2D eigenvalue weighted by Gasteiger charge is 2.25. The van der Waals surface area contributed by atoms with Crippen LogP contribution in [0.1, 0.15) is 29.2 Å². The van der Waals surface area contributed by atoms with E-state index in [4.69, 9.17) is 4.74 Å². The van der Waals surface area contributed by atoms with E-state index in [1.807, 2.05) is 57.2 Å². The zero-order valence-electron chi connectivity index (χ0n) is 11.9. The third-order valence-electron chi connectivity index (χ3n) is 3.44. The normalized spacial score (nSPS) is 13.9. The molecule has 0 bridgehead atoms. The largest absolute Gasteiger partial charge is 0.497 e. The molecule has 0 saturated heterocycles. The highest BCUT2D eigenvalue weighted by Crippen LogP contribution is 2.31. The molecule has 0 saturated carbocycles. The van der Waals surface area contributed by atoms with E-state index in [2.05, 4.69) is 6.07 Å². The average Bonchev–Trinajstić information content (AvgIpc) is 2.37. The molecule has 0 aliphatic carbocycles. The number of aliphatic hydroxyl groups is 1. The van der Waals surface area contributed by atoms with Crippen LogP contribution in [0.5, 0.6) is 5.75 Å². The number of rotatable bonds is 3. The van der Waals surface area contributed by atoms with Crippen molar-refractivity contribution < 1.29 is 9.84 Å². The van der Waals surface area contributed by atoms with Crippen molar-refractivity contribution in [2.75, 3.05) is 7.11 Å². The number of benzene rings is 2. The maximum absolute atomic E-state index is 10.8. The second-order valence-corrected chi connectivity index (χ2v) is 5.18. The predicted octanol–water partition coefficient (Wildman–Crippen LogP) is 3.57. The van der Waals surface area contributed by atoms with Crippen molar-refractivity contribution in [1.29, 1.82) is 0 Å². The van der Waals surface area contributed by atoms with Gasteiger partial charge in [0.05, 0.1) is 7.11 Å². The Labute approximate surface area is 114 Å².